The Morgan fingerprint density at radius 3 is 2.88 bits per heavy atom. The first kappa shape index (κ1) is 6.84. The lowest BCUT2D eigenvalue weighted by Crippen LogP contribution is -2.30. The molecule has 0 bridgehead atoms. The zero-order valence-corrected chi connectivity index (χ0v) is 4.29. The van der Waals surface area contributed by atoms with Gasteiger partial charge in [-0.2, -0.15) is 0 Å². The maximum Gasteiger partial charge on any atom is 0.276 e. The first-order valence-electron chi connectivity index (χ1n) is 1.96. The second-order valence-corrected chi connectivity index (χ2v) is 0.969. The molecular formula is C4H7N3O. The Morgan fingerprint density at radius 1 is 1.88 bits per heavy atom. The number of nitrogens with zero attached hydrogens (tertiary/aromatic N) is 1. The largest absolute Gasteiger partial charge is 0.289 e. The molecule has 0 heterocycles. The molecule has 0 aliphatic carbocycles. The fourth-order valence-corrected chi connectivity index (χ4v) is 0.158. The monoisotopic (exact) mass is 113 g/mol. The molecule has 4 heteroatoms. The molecule has 0 spiro atoms. The zero-order valence-electron chi connectivity index (χ0n) is 4.29. The highest BCUT2D eigenvalue weighted by Crippen LogP contribution is 1.61. The average Bonchev–Trinajstić information content (AvgIpc) is 1.83. The Labute approximate surface area is 47.1 Å². The van der Waals surface area contributed by atoms with Gasteiger partial charge < -0.3 is 0 Å². The number of carbonyl (C=O) groups is 1. The lowest BCUT2D eigenvalue weighted by molar-refractivity contribution is -0.114. The van der Waals surface area contributed by atoms with E-state index in [1.807, 2.05) is 5.43 Å². The Balaban J connectivity index is 3.52. The molecular weight excluding hydrogens is 106 g/mol. The number of nitrogens with one attached hydrogen (secondary N) is 1. The summed E-state index contributed by atoms with van der Waals surface area (Å²) in [5.41, 5.74) is 1.86. The fraction of sp³-hybridized carbons (Fsp3) is 0. The third-order valence-corrected chi connectivity index (χ3v) is 0.439. The van der Waals surface area contributed by atoms with Crippen LogP contribution < -0.4 is 11.3 Å². The van der Waals surface area contributed by atoms with Crippen molar-refractivity contribution >= 4 is 12.1 Å². The summed E-state index contributed by atoms with van der Waals surface area (Å²) in [5, 5.41) is 0. The summed E-state index contributed by atoms with van der Waals surface area (Å²) in [5.74, 6) is 4.25. The minimum absolute atomic E-state index is 0.440. The van der Waals surface area contributed by atoms with E-state index in [0.29, 0.717) is 0 Å². The number of rotatable bonds is 2. The second kappa shape index (κ2) is 4.01. The quantitative estimate of drug-likeness (QED) is 0.213. The van der Waals surface area contributed by atoms with Gasteiger partial charge in [0.15, 0.2) is 0 Å². The number of amides is 1. The van der Waals surface area contributed by atoms with E-state index in [1.165, 1.54) is 6.20 Å². The van der Waals surface area contributed by atoms with E-state index in [0.717, 1.165) is 6.21 Å². The van der Waals surface area contributed by atoms with E-state index >= 15 is 0 Å². The smallest absolute Gasteiger partial charge is 0.276 e. The van der Waals surface area contributed by atoms with Crippen LogP contribution in [0.25, 0.3) is 0 Å². The maximum atomic E-state index is 10.1. The molecule has 8 heavy (non-hydrogen) atoms. The van der Waals surface area contributed by atoms with Crippen molar-refractivity contribution in [2.45, 2.75) is 0 Å². The van der Waals surface area contributed by atoms with E-state index < -0.39 is 5.91 Å². The number of nitrogens with two attached hydrogens (primary N) is 1. The standard InChI is InChI=1S/C4H7N3O/c1-2-6-3-4(8)7-5/h2-3H,1,5H2,(H,7,8)/b6-3+. The van der Waals surface area contributed by atoms with Gasteiger partial charge in [-0.1, -0.05) is 6.58 Å². The Hall–Kier alpha value is -1.16. The van der Waals surface area contributed by atoms with Crippen molar-refractivity contribution in [1.82, 2.24) is 5.43 Å². The molecule has 0 saturated heterocycles. The number of carbonyl (C=O) groups excluding carboxylic acids is 1. The molecule has 44 valence electrons. The van der Waals surface area contributed by atoms with E-state index in [9.17, 15) is 4.79 Å². The first-order valence-corrected chi connectivity index (χ1v) is 1.96. The van der Waals surface area contributed by atoms with Gasteiger partial charge in [0.05, 0.1) is 6.21 Å². The molecule has 0 unspecified atom stereocenters. The molecule has 0 rings (SSSR count). The first-order chi connectivity index (χ1) is 3.81. The predicted molar refractivity (Wildman–Crippen MR) is 31.0 cm³/mol. The number of hydrogen-bond acceptors (Lipinski definition) is 3. The van der Waals surface area contributed by atoms with Gasteiger partial charge in [-0.25, -0.2) is 5.84 Å². The van der Waals surface area contributed by atoms with Crippen LogP contribution >= 0.6 is 0 Å². The van der Waals surface area contributed by atoms with Gasteiger partial charge in [-0.3, -0.25) is 15.2 Å². The third-order valence-electron chi connectivity index (χ3n) is 0.439. The molecule has 0 aromatic carbocycles. The highest BCUT2D eigenvalue weighted by molar-refractivity contribution is 6.26. The van der Waals surface area contributed by atoms with Crippen molar-refractivity contribution in [3.8, 4) is 0 Å². The van der Waals surface area contributed by atoms with Crippen LogP contribution in [0.1, 0.15) is 0 Å². The third kappa shape index (κ3) is 3.05. The van der Waals surface area contributed by atoms with Crippen molar-refractivity contribution < 1.29 is 4.79 Å². The SMILES string of the molecule is C=C/N=C/C(=O)NN. The summed E-state index contributed by atoms with van der Waals surface area (Å²) in [4.78, 5) is 13.5. The Bertz CT molecular complexity index is 118. The molecule has 0 aromatic rings. The van der Waals surface area contributed by atoms with Crippen LogP contribution in [0.3, 0.4) is 0 Å². The molecule has 4 nitrogen and oxygen atoms in total. The van der Waals surface area contributed by atoms with Crippen LogP contribution in [0, 0.1) is 0 Å². The van der Waals surface area contributed by atoms with Gasteiger partial charge in [0, 0.05) is 6.20 Å². The summed E-state index contributed by atoms with van der Waals surface area (Å²) in [6.45, 7) is 3.25. The normalized spacial score (nSPS) is 9.12. The van der Waals surface area contributed by atoms with Crippen molar-refractivity contribution in [3.63, 3.8) is 0 Å². The topological polar surface area (TPSA) is 67.5 Å². The van der Waals surface area contributed by atoms with E-state index in [-0.39, 0.29) is 0 Å². The van der Waals surface area contributed by atoms with Gasteiger partial charge in [0.25, 0.3) is 5.91 Å². The van der Waals surface area contributed by atoms with Crippen molar-refractivity contribution in [2.75, 3.05) is 0 Å². The van der Waals surface area contributed by atoms with Crippen molar-refractivity contribution in [2.24, 2.45) is 10.8 Å². The second-order valence-electron chi connectivity index (χ2n) is 0.969. The lowest BCUT2D eigenvalue weighted by Gasteiger charge is -1.84. The minimum Gasteiger partial charge on any atom is -0.289 e. The molecule has 0 aromatic heterocycles. The molecule has 0 radical (unpaired) electrons. The van der Waals surface area contributed by atoms with Crippen LogP contribution in [0.15, 0.2) is 17.8 Å². The number of aliphatic imine (C=N–C) groups is 1. The van der Waals surface area contributed by atoms with Crippen LogP contribution in [-0.2, 0) is 4.79 Å². The summed E-state index contributed by atoms with van der Waals surface area (Å²) in [6, 6.07) is 0. The van der Waals surface area contributed by atoms with Gasteiger partial charge in [-0.15, -0.1) is 0 Å². The van der Waals surface area contributed by atoms with Gasteiger partial charge >= 0.3 is 0 Å². The lowest BCUT2D eigenvalue weighted by atomic mass is 10.7. The summed E-state index contributed by atoms with van der Waals surface area (Å²) in [7, 11) is 0. The van der Waals surface area contributed by atoms with Crippen molar-refractivity contribution in [3.05, 3.63) is 12.8 Å². The molecule has 0 fully saturated rings. The molecule has 1 amide bonds. The van der Waals surface area contributed by atoms with E-state index in [1.54, 1.807) is 0 Å². The van der Waals surface area contributed by atoms with E-state index in [4.69, 9.17) is 0 Å². The Morgan fingerprint density at radius 2 is 2.50 bits per heavy atom. The summed E-state index contributed by atoms with van der Waals surface area (Å²) < 4.78 is 0. The highest BCUT2D eigenvalue weighted by Gasteiger charge is 1.84. The van der Waals surface area contributed by atoms with Crippen LogP contribution in [-0.4, -0.2) is 12.1 Å². The number of hydrogen-bond donors (Lipinski definition) is 2. The zero-order chi connectivity index (χ0) is 6.41. The average molecular weight is 113 g/mol. The Kier molecular flexibility index (Phi) is 3.43. The van der Waals surface area contributed by atoms with Gasteiger partial charge in [-0.05, 0) is 0 Å². The number of hydrazine groups is 1. The molecule has 0 atom stereocenters. The molecule has 3 N–H and O–H groups in total. The highest BCUT2D eigenvalue weighted by atomic mass is 16.2. The van der Waals surface area contributed by atoms with Crippen LogP contribution in [0.2, 0.25) is 0 Å². The molecule has 0 saturated carbocycles. The summed E-state index contributed by atoms with van der Waals surface area (Å²) >= 11 is 0. The van der Waals surface area contributed by atoms with Crippen LogP contribution in [0.4, 0.5) is 0 Å². The summed E-state index contributed by atoms with van der Waals surface area (Å²) in [6.07, 6.45) is 2.28. The van der Waals surface area contributed by atoms with Crippen LogP contribution in [0.5, 0.6) is 0 Å². The molecule has 0 aliphatic heterocycles. The molecule has 0 aliphatic rings. The predicted octanol–water partition coefficient (Wildman–Crippen LogP) is -0.809. The minimum atomic E-state index is -0.440. The van der Waals surface area contributed by atoms with Gasteiger partial charge in [0.2, 0.25) is 0 Å². The van der Waals surface area contributed by atoms with Gasteiger partial charge in [0.1, 0.15) is 0 Å². The maximum absolute atomic E-state index is 10.1. The van der Waals surface area contributed by atoms with Crippen molar-refractivity contribution in [1.29, 1.82) is 0 Å². The fourth-order valence-electron chi connectivity index (χ4n) is 0.158. The van der Waals surface area contributed by atoms with E-state index in [2.05, 4.69) is 17.4 Å².